The number of aliphatic hydroxyl groups excluding tert-OH is 1. The van der Waals surface area contributed by atoms with Gasteiger partial charge in [0.15, 0.2) is 0 Å². The molecule has 0 spiro atoms. The van der Waals surface area contributed by atoms with Crippen LogP contribution in [0.25, 0.3) is 0 Å². The van der Waals surface area contributed by atoms with Crippen molar-refractivity contribution in [2.75, 3.05) is 54.2 Å². The summed E-state index contributed by atoms with van der Waals surface area (Å²) in [5.74, 6) is -0.0199. The number of benzene rings is 1. The van der Waals surface area contributed by atoms with Crippen LogP contribution in [0.5, 0.6) is 0 Å². The van der Waals surface area contributed by atoms with Gasteiger partial charge >= 0.3 is 0 Å². The number of ether oxygens (including phenoxy) is 3. The van der Waals surface area contributed by atoms with Gasteiger partial charge in [0.25, 0.3) is 0 Å². The summed E-state index contributed by atoms with van der Waals surface area (Å²) in [6.45, 7) is 9.64. The smallest absolute Gasteiger partial charge is 0.249 e. The lowest BCUT2D eigenvalue weighted by molar-refractivity contribution is -0.157. The number of hydrogen-bond acceptors (Lipinski definition) is 8. The number of nitrogens with one attached hydrogen (secondary N) is 2. The summed E-state index contributed by atoms with van der Waals surface area (Å²) in [6.07, 6.45) is 11.0. The Bertz CT molecular complexity index is 1080. The number of hydrogen-bond donors (Lipinski definition) is 3. The highest BCUT2D eigenvalue weighted by Gasteiger charge is 2.35. The second-order valence-electron chi connectivity index (χ2n) is 15.7. The van der Waals surface area contributed by atoms with E-state index in [1.807, 2.05) is 46.1 Å². The van der Waals surface area contributed by atoms with Crippen molar-refractivity contribution in [3.63, 3.8) is 0 Å². The van der Waals surface area contributed by atoms with Gasteiger partial charge in [-0.05, 0) is 76.6 Å². The first-order valence-corrected chi connectivity index (χ1v) is 20.1. The van der Waals surface area contributed by atoms with Gasteiger partial charge in [-0.2, -0.15) is 0 Å². The zero-order valence-electron chi connectivity index (χ0n) is 32.8. The highest BCUT2D eigenvalue weighted by atomic mass is 16.7. The highest BCUT2D eigenvalue weighted by Crippen LogP contribution is 2.30. The lowest BCUT2D eigenvalue weighted by atomic mass is 9.81. The van der Waals surface area contributed by atoms with Crippen LogP contribution in [-0.2, 0) is 30.2 Å². The minimum atomic E-state index is -0.839. The van der Waals surface area contributed by atoms with Crippen LogP contribution < -0.4 is 10.6 Å². The number of likely N-dealkylation sites (tertiary alicyclic amines) is 1. The van der Waals surface area contributed by atoms with Crippen LogP contribution in [0.3, 0.4) is 0 Å². The number of carbonyl (C=O) groups excluding carboxylic acids is 2. The number of piperidine rings is 1. The quantitative estimate of drug-likeness (QED) is 0.0915. The molecule has 3 N–H and O–H groups in total. The molecule has 1 aromatic rings. The largest absolute Gasteiger partial charge is 0.391 e. The zero-order valence-corrected chi connectivity index (χ0v) is 32.8. The van der Waals surface area contributed by atoms with E-state index in [1.165, 1.54) is 24.8 Å². The molecular weight excluding hydrogens is 644 g/mol. The molecule has 10 heteroatoms. The van der Waals surface area contributed by atoms with E-state index < -0.39 is 18.2 Å². The van der Waals surface area contributed by atoms with Gasteiger partial charge < -0.3 is 34.9 Å². The molecule has 5 atom stereocenters. The fourth-order valence-corrected chi connectivity index (χ4v) is 7.63. The van der Waals surface area contributed by atoms with E-state index in [0.29, 0.717) is 44.9 Å². The Morgan fingerprint density at radius 2 is 1.71 bits per heavy atom. The van der Waals surface area contributed by atoms with Crippen molar-refractivity contribution in [3.05, 3.63) is 35.9 Å². The summed E-state index contributed by atoms with van der Waals surface area (Å²) in [7, 11) is 5.70. The molecule has 1 heterocycles. The predicted molar refractivity (Wildman–Crippen MR) is 204 cm³/mol. The van der Waals surface area contributed by atoms with Crippen molar-refractivity contribution in [2.24, 2.45) is 17.8 Å². The second kappa shape index (κ2) is 24.3. The molecule has 0 unspecified atom stereocenters. The Balaban J connectivity index is 1.77. The topological polar surface area (TPSA) is 113 Å². The van der Waals surface area contributed by atoms with Crippen molar-refractivity contribution in [3.8, 4) is 0 Å². The first-order valence-electron chi connectivity index (χ1n) is 20.1. The summed E-state index contributed by atoms with van der Waals surface area (Å²) >= 11 is 0. The van der Waals surface area contributed by atoms with Gasteiger partial charge in [-0.25, -0.2) is 0 Å². The fourth-order valence-electron chi connectivity index (χ4n) is 7.63. The van der Waals surface area contributed by atoms with Gasteiger partial charge in [-0.3, -0.25) is 14.5 Å². The molecule has 2 aliphatic rings. The summed E-state index contributed by atoms with van der Waals surface area (Å²) in [6, 6.07) is 9.90. The molecule has 2 amide bonds. The van der Waals surface area contributed by atoms with Gasteiger partial charge in [0.2, 0.25) is 11.8 Å². The van der Waals surface area contributed by atoms with Gasteiger partial charge in [-0.15, -0.1) is 0 Å². The van der Waals surface area contributed by atoms with E-state index in [2.05, 4.69) is 39.5 Å². The molecule has 1 aliphatic carbocycles. The van der Waals surface area contributed by atoms with Crippen molar-refractivity contribution >= 4 is 11.8 Å². The molecule has 1 aromatic carbocycles. The molecule has 0 aromatic heterocycles. The third kappa shape index (κ3) is 16.2. The van der Waals surface area contributed by atoms with Crippen LogP contribution >= 0.6 is 0 Å². The van der Waals surface area contributed by atoms with Crippen molar-refractivity contribution in [2.45, 2.75) is 141 Å². The van der Waals surface area contributed by atoms with E-state index in [4.69, 9.17) is 14.2 Å². The van der Waals surface area contributed by atoms with Crippen LogP contribution in [-0.4, -0.2) is 111 Å². The Labute approximate surface area is 309 Å². The minimum Gasteiger partial charge on any atom is -0.391 e. The number of unbranched alkanes of at least 4 members (excludes halogenated alkanes) is 1. The maximum atomic E-state index is 14.3. The van der Waals surface area contributed by atoms with E-state index in [0.717, 1.165) is 64.6 Å². The number of nitrogens with zero attached hydrogens (tertiary/aromatic N) is 2. The van der Waals surface area contributed by atoms with Crippen molar-refractivity contribution in [1.29, 1.82) is 0 Å². The number of amides is 2. The summed E-state index contributed by atoms with van der Waals surface area (Å²) in [5.41, 5.74) is 1.17. The second-order valence-corrected chi connectivity index (χ2v) is 15.7. The molecule has 292 valence electrons. The van der Waals surface area contributed by atoms with Crippen molar-refractivity contribution in [1.82, 2.24) is 20.4 Å². The number of aliphatic hydroxyl groups is 1. The fraction of sp³-hybridized carbons (Fsp3) is 0.805. The van der Waals surface area contributed by atoms with Crippen LogP contribution in [0.15, 0.2) is 30.3 Å². The summed E-state index contributed by atoms with van der Waals surface area (Å²) in [4.78, 5) is 32.2. The highest BCUT2D eigenvalue weighted by molar-refractivity contribution is 5.81. The van der Waals surface area contributed by atoms with E-state index >= 15 is 0 Å². The Morgan fingerprint density at radius 3 is 2.33 bits per heavy atom. The average molecular weight is 717 g/mol. The standard InChI is InChI=1S/C41H72N4O6/c1-7-8-20-38(51-39(28-33-18-13-10-14-19-33)45-25-21-34(22-26-45)50-30-49-6)41(48)43-36(27-32-16-11-9-12-17-32)37(46)29-35(31(2)3)40(47)42-23-15-24-44(4)5/h10,13-14,18-19,31-32,34-39,46H,7-9,11-12,15-17,20-30H2,1-6H3,(H,42,47)(H,43,48)/t35-,36-,37-,38-,39-/m0/s1. The van der Waals surface area contributed by atoms with Crippen LogP contribution in [0.2, 0.25) is 0 Å². The maximum Gasteiger partial charge on any atom is 0.249 e. The average Bonchev–Trinajstić information content (AvgIpc) is 3.13. The van der Waals surface area contributed by atoms with Gasteiger partial charge in [-0.1, -0.05) is 96.0 Å². The molecule has 2 fully saturated rings. The molecule has 51 heavy (non-hydrogen) atoms. The minimum absolute atomic E-state index is 0.0187. The lowest BCUT2D eigenvalue weighted by Crippen LogP contribution is -2.53. The maximum absolute atomic E-state index is 14.3. The Morgan fingerprint density at radius 1 is 1.00 bits per heavy atom. The van der Waals surface area contributed by atoms with Gasteiger partial charge in [0.1, 0.15) is 19.1 Å². The lowest BCUT2D eigenvalue weighted by Gasteiger charge is -2.39. The normalized spacial score (nSPS) is 19.5. The van der Waals surface area contributed by atoms with Crippen LogP contribution in [0, 0.1) is 17.8 Å². The SMILES string of the molecule is CCCC[C@H](O[C@@H](Cc1ccccc1)N1CCC(OCOC)CC1)C(=O)N[C@@H](CC1CCCCC1)[C@@H](O)C[C@H](C(=O)NCCCN(C)C)C(C)C. The summed E-state index contributed by atoms with van der Waals surface area (Å²) < 4.78 is 17.9. The first kappa shape index (κ1) is 43.3. The van der Waals surface area contributed by atoms with Gasteiger partial charge in [0, 0.05) is 39.1 Å². The third-order valence-corrected chi connectivity index (χ3v) is 10.8. The molecule has 3 rings (SSSR count). The number of carbonyl (C=O) groups is 2. The molecule has 0 radical (unpaired) electrons. The van der Waals surface area contributed by atoms with Crippen LogP contribution in [0.1, 0.15) is 110 Å². The molecule has 0 bridgehead atoms. The molecule has 10 nitrogen and oxygen atoms in total. The summed E-state index contributed by atoms with van der Waals surface area (Å²) in [5, 5.41) is 18.3. The monoisotopic (exact) mass is 717 g/mol. The van der Waals surface area contributed by atoms with E-state index in [9.17, 15) is 14.7 Å². The molecule has 1 saturated carbocycles. The molecule has 1 aliphatic heterocycles. The molecular formula is C41H72N4O6. The van der Waals surface area contributed by atoms with E-state index in [-0.39, 0.29) is 36.0 Å². The predicted octanol–water partition coefficient (Wildman–Crippen LogP) is 5.76. The van der Waals surface area contributed by atoms with Gasteiger partial charge in [0.05, 0.1) is 18.2 Å². The van der Waals surface area contributed by atoms with E-state index in [1.54, 1.807) is 7.11 Å². The number of rotatable bonds is 24. The zero-order chi connectivity index (χ0) is 37.0. The van der Waals surface area contributed by atoms with Crippen molar-refractivity contribution < 1.29 is 28.9 Å². The Hall–Kier alpha value is -2.08. The van der Waals surface area contributed by atoms with Crippen LogP contribution in [0.4, 0.5) is 0 Å². The molecule has 1 saturated heterocycles. The number of methoxy groups -OCH3 is 1. The Kier molecular flexibility index (Phi) is 20.6. The first-order chi connectivity index (χ1) is 24.6. The third-order valence-electron chi connectivity index (χ3n) is 10.8.